The molecule has 1 aromatic heterocycles. The Kier molecular flexibility index (Phi) is 7.50. The molecule has 0 fully saturated rings. The van der Waals surface area contributed by atoms with E-state index in [9.17, 15) is 18.0 Å². The van der Waals surface area contributed by atoms with E-state index in [1.54, 1.807) is 24.3 Å². The lowest BCUT2D eigenvalue weighted by atomic mass is 10.2. The molecule has 0 saturated heterocycles. The first-order valence-corrected chi connectivity index (χ1v) is 11.3. The molecule has 0 aliphatic rings. The molecule has 2 amide bonds. The topological polar surface area (TPSA) is 127 Å². The summed E-state index contributed by atoms with van der Waals surface area (Å²) >= 11 is 0. The van der Waals surface area contributed by atoms with Crippen molar-refractivity contribution >= 4 is 27.5 Å². The molecule has 0 aliphatic carbocycles. The summed E-state index contributed by atoms with van der Waals surface area (Å²) in [6.45, 7) is 2.32. The molecule has 10 heteroatoms. The van der Waals surface area contributed by atoms with Crippen molar-refractivity contribution in [1.29, 1.82) is 0 Å². The summed E-state index contributed by atoms with van der Waals surface area (Å²) in [6, 6.07) is 15.4. The number of hydrogen-bond donors (Lipinski definition) is 3. The highest BCUT2D eigenvalue weighted by atomic mass is 32.2. The third-order valence-corrected chi connectivity index (χ3v) is 5.74. The van der Waals surface area contributed by atoms with Gasteiger partial charge in [0.1, 0.15) is 11.5 Å². The predicted octanol–water partition coefficient (Wildman–Crippen LogP) is 2.87. The number of benzene rings is 2. The normalized spacial score (nSPS) is 10.9. The van der Waals surface area contributed by atoms with Crippen LogP contribution < -0.4 is 20.3 Å². The highest BCUT2D eigenvalue weighted by Gasteiger charge is 2.15. The summed E-state index contributed by atoms with van der Waals surface area (Å²) in [7, 11) is -3.80. The number of hydrazine groups is 1. The summed E-state index contributed by atoms with van der Waals surface area (Å²) in [5, 5.41) is 0. The fourth-order valence-corrected chi connectivity index (χ4v) is 3.80. The molecule has 0 radical (unpaired) electrons. The first-order chi connectivity index (χ1) is 15.4. The first-order valence-electron chi connectivity index (χ1n) is 9.84. The number of anilines is 1. The SMILES string of the molecule is CCOc1ccc(S(=O)(=O)Nc2ccc(C(=O)NNC(=O)CCc3ccco3)cc2)cc1. The molecular weight excluding hydrogens is 434 g/mol. The van der Waals surface area contributed by atoms with Gasteiger partial charge in [-0.05, 0) is 67.6 Å². The molecule has 0 saturated carbocycles. The Hall–Kier alpha value is -3.79. The van der Waals surface area contributed by atoms with Gasteiger partial charge in [0, 0.05) is 24.1 Å². The lowest BCUT2D eigenvalue weighted by Crippen LogP contribution is -2.41. The second-order valence-electron chi connectivity index (χ2n) is 6.67. The van der Waals surface area contributed by atoms with E-state index in [4.69, 9.17) is 9.15 Å². The standard InChI is InChI=1S/C22H23N3O6S/c1-2-30-19-9-12-20(13-10-19)32(28,29)25-17-7-5-16(6-8-17)22(27)24-23-21(26)14-11-18-4-3-15-31-18/h3-10,12-13,15,25H,2,11,14H2,1H3,(H,23,26)(H,24,27). The third-order valence-electron chi connectivity index (χ3n) is 4.34. The maximum atomic E-state index is 12.5. The van der Waals surface area contributed by atoms with Gasteiger partial charge in [0.05, 0.1) is 17.8 Å². The third kappa shape index (κ3) is 6.35. The van der Waals surface area contributed by atoms with Gasteiger partial charge in [0.25, 0.3) is 15.9 Å². The number of nitrogens with one attached hydrogen (secondary N) is 3. The molecule has 0 aliphatic heterocycles. The van der Waals surface area contributed by atoms with Crippen molar-refractivity contribution in [1.82, 2.24) is 10.9 Å². The van der Waals surface area contributed by atoms with Gasteiger partial charge in [-0.25, -0.2) is 8.42 Å². The van der Waals surface area contributed by atoms with Crippen molar-refractivity contribution < 1.29 is 27.2 Å². The number of carbonyl (C=O) groups excluding carboxylic acids is 2. The summed E-state index contributed by atoms with van der Waals surface area (Å²) in [6.07, 6.45) is 2.09. The Bertz CT molecular complexity index is 1140. The van der Waals surface area contributed by atoms with Crippen LogP contribution in [0, 0.1) is 0 Å². The second-order valence-corrected chi connectivity index (χ2v) is 8.35. The van der Waals surface area contributed by atoms with Gasteiger partial charge < -0.3 is 9.15 Å². The number of aryl methyl sites for hydroxylation is 1. The Labute approximate surface area is 185 Å². The second kappa shape index (κ2) is 10.5. The van der Waals surface area contributed by atoms with Crippen molar-refractivity contribution in [2.45, 2.75) is 24.7 Å². The molecule has 0 spiro atoms. The lowest BCUT2D eigenvalue weighted by molar-refractivity contribution is -0.121. The molecule has 0 unspecified atom stereocenters. The van der Waals surface area contributed by atoms with Crippen LogP contribution in [-0.2, 0) is 21.2 Å². The Morgan fingerprint density at radius 2 is 1.69 bits per heavy atom. The first kappa shape index (κ1) is 22.9. The highest BCUT2D eigenvalue weighted by Crippen LogP contribution is 2.19. The van der Waals surface area contributed by atoms with Crippen molar-refractivity contribution in [2.24, 2.45) is 0 Å². The van der Waals surface area contributed by atoms with Gasteiger partial charge in [-0.1, -0.05) is 0 Å². The predicted molar refractivity (Wildman–Crippen MR) is 117 cm³/mol. The summed E-state index contributed by atoms with van der Waals surface area (Å²) < 4.78 is 38.0. The zero-order valence-corrected chi connectivity index (χ0v) is 18.1. The Balaban J connectivity index is 1.52. The Morgan fingerprint density at radius 3 is 2.31 bits per heavy atom. The van der Waals surface area contributed by atoms with Crippen molar-refractivity contribution in [3.63, 3.8) is 0 Å². The van der Waals surface area contributed by atoms with Gasteiger partial charge in [-0.3, -0.25) is 25.2 Å². The smallest absolute Gasteiger partial charge is 0.269 e. The number of carbonyl (C=O) groups is 2. The molecule has 168 valence electrons. The van der Waals surface area contributed by atoms with Crippen LogP contribution in [0.3, 0.4) is 0 Å². The van der Waals surface area contributed by atoms with Crippen LogP contribution in [-0.4, -0.2) is 26.8 Å². The van der Waals surface area contributed by atoms with E-state index in [1.807, 2.05) is 6.92 Å². The number of hydrogen-bond acceptors (Lipinski definition) is 6. The van der Waals surface area contributed by atoms with Crippen LogP contribution in [0.25, 0.3) is 0 Å². The lowest BCUT2D eigenvalue weighted by Gasteiger charge is -2.10. The van der Waals surface area contributed by atoms with E-state index >= 15 is 0 Å². The molecule has 3 aromatic rings. The van der Waals surface area contributed by atoms with Crippen LogP contribution in [0.2, 0.25) is 0 Å². The zero-order chi connectivity index (χ0) is 23.0. The summed E-state index contributed by atoms with van der Waals surface area (Å²) in [5.41, 5.74) is 5.19. The number of rotatable bonds is 9. The van der Waals surface area contributed by atoms with Gasteiger partial charge in [-0.15, -0.1) is 0 Å². The minimum atomic E-state index is -3.80. The quantitative estimate of drug-likeness (QED) is 0.424. The van der Waals surface area contributed by atoms with Gasteiger partial charge in [0.15, 0.2) is 0 Å². The number of ether oxygens (including phenoxy) is 1. The van der Waals surface area contributed by atoms with Crippen LogP contribution >= 0.6 is 0 Å². The molecule has 9 nitrogen and oxygen atoms in total. The molecule has 2 aromatic carbocycles. The molecular formula is C22H23N3O6S. The summed E-state index contributed by atoms with van der Waals surface area (Å²) in [4.78, 5) is 24.1. The molecule has 3 rings (SSSR count). The van der Waals surface area contributed by atoms with Crippen LogP contribution in [0.1, 0.15) is 29.5 Å². The van der Waals surface area contributed by atoms with Crippen LogP contribution in [0.5, 0.6) is 5.75 Å². The Morgan fingerprint density at radius 1 is 0.969 bits per heavy atom. The van der Waals surface area contributed by atoms with Crippen molar-refractivity contribution in [3.8, 4) is 5.75 Å². The fourth-order valence-electron chi connectivity index (χ4n) is 2.74. The van der Waals surface area contributed by atoms with E-state index in [0.29, 0.717) is 24.5 Å². The zero-order valence-electron chi connectivity index (χ0n) is 17.3. The maximum Gasteiger partial charge on any atom is 0.269 e. The highest BCUT2D eigenvalue weighted by molar-refractivity contribution is 7.92. The average molecular weight is 458 g/mol. The van der Waals surface area contributed by atoms with Gasteiger partial charge in [0.2, 0.25) is 5.91 Å². The summed E-state index contributed by atoms with van der Waals surface area (Å²) in [5.74, 6) is 0.358. The van der Waals surface area contributed by atoms with E-state index < -0.39 is 15.9 Å². The van der Waals surface area contributed by atoms with E-state index in [-0.39, 0.29) is 28.5 Å². The van der Waals surface area contributed by atoms with Crippen molar-refractivity contribution in [2.75, 3.05) is 11.3 Å². The molecule has 3 N–H and O–H groups in total. The van der Waals surface area contributed by atoms with E-state index in [2.05, 4.69) is 15.6 Å². The van der Waals surface area contributed by atoms with Gasteiger partial charge >= 0.3 is 0 Å². The monoisotopic (exact) mass is 457 g/mol. The molecule has 1 heterocycles. The number of furan rings is 1. The van der Waals surface area contributed by atoms with E-state index in [1.165, 1.54) is 42.7 Å². The van der Waals surface area contributed by atoms with Crippen molar-refractivity contribution in [3.05, 3.63) is 78.3 Å². The average Bonchev–Trinajstić information content (AvgIpc) is 3.31. The van der Waals surface area contributed by atoms with Crippen LogP contribution in [0.15, 0.2) is 76.2 Å². The molecule has 0 bridgehead atoms. The maximum absolute atomic E-state index is 12.5. The molecule has 32 heavy (non-hydrogen) atoms. The van der Waals surface area contributed by atoms with Gasteiger partial charge in [-0.2, -0.15) is 0 Å². The van der Waals surface area contributed by atoms with Crippen LogP contribution in [0.4, 0.5) is 5.69 Å². The van der Waals surface area contributed by atoms with E-state index in [0.717, 1.165) is 0 Å². The number of amides is 2. The largest absolute Gasteiger partial charge is 0.494 e. The minimum Gasteiger partial charge on any atom is -0.494 e. The molecule has 0 atom stereocenters. The minimum absolute atomic E-state index is 0.0834. The fraction of sp³-hybridized carbons (Fsp3) is 0.182. The number of sulfonamides is 1.